The SMILES string of the molecule is CN1CCN(c2ccc(C(=O)Nc3n[nH]c4sc(C(=O)NCc5ccc(F)cc5)cc34)cc2)CC1. The molecule has 3 N–H and O–H groups in total. The average molecular weight is 493 g/mol. The lowest BCUT2D eigenvalue weighted by Crippen LogP contribution is -2.44. The van der Waals surface area contributed by atoms with E-state index in [1.807, 2.05) is 24.3 Å². The van der Waals surface area contributed by atoms with Gasteiger partial charge in [-0.2, -0.15) is 5.10 Å². The smallest absolute Gasteiger partial charge is 0.261 e. The quantitative estimate of drug-likeness (QED) is 0.382. The van der Waals surface area contributed by atoms with Crippen LogP contribution in [0, 0.1) is 5.82 Å². The maximum atomic E-state index is 13.0. The molecule has 5 rings (SSSR count). The van der Waals surface area contributed by atoms with Crippen molar-refractivity contribution in [2.45, 2.75) is 6.54 Å². The highest BCUT2D eigenvalue weighted by Crippen LogP contribution is 2.29. The zero-order chi connectivity index (χ0) is 24.4. The molecule has 1 aliphatic heterocycles. The Kier molecular flexibility index (Phi) is 6.47. The topological polar surface area (TPSA) is 93.4 Å². The highest BCUT2D eigenvalue weighted by Gasteiger charge is 2.18. The van der Waals surface area contributed by atoms with Crippen LogP contribution in [0.1, 0.15) is 25.6 Å². The van der Waals surface area contributed by atoms with Gasteiger partial charge in [-0.1, -0.05) is 12.1 Å². The van der Waals surface area contributed by atoms with Crippen LogP contribution in [-0.2, 0) is 6.54 Å². The standard InChI is InChI=1S/C25H25FN6O2S/c1-31-10-12-32(13-11-31)19-8-4-17(5-9-19)23(33)28-22-20-14-21(35-25(20)30-29-22)24(34)27-15-16-2-6-18(26)7-3-16/h2-9,14H,10-13,15H2,1H3,(H,27,34)(H2,28,29,30,33). The molecule has 1 saturated heterocycles. The van der Waals surface area contributed by atoms with Crippen LogP contribution in [0.5, 0.6) is 0 Å². The Hall–Kier alpha value is -3.76. The Morgan fingerprint density at radius 3 is 2.46 bits per heavy atom. The largest absolute Gasteiger partial charge is 0.369 e. The number of rotatable bonds is 6. The third kappa shape index (κ3) is 5.18. The van der Waals surface area contributed by atoms with Gasteiger partial charge < -0.3 is 20.4 Å². The van der Waals surface area contributed by atoms with Crippen molar-refractivity contribution in [3.05, 3.63) is 76.4 Å². The Morgan fingerprint density at radius 2 is 1.74 bits per heavy atom. The van der Waals surface area contributed by atoms with E-state index in [0.29, 0.717) is 26.5 Å². The summed E-state index contributed by atoms with van der Waals surface area (Å²) >= 11 is 1.25. The van der Waals surface area contributed by atoms with Crippen molar-refractivity contribution in [1.29, 1.82) is 0 Å². The van der Waals surface area contributed by atoms with Crippen LogP contribution in [0.3, 0.4) is 0 Å². The number of H-pyrrole nitrogens is 1. The minimum atomic E-state index is -0.319. The number of benzene rings is 2. The molecular weight excluding hydrogens is 467 g/mol. The van der Waals surface area contributed by atoms with Gasteiger partial charge in [-0.05, 0) is 55.1 Å². The second-order valence-corrected chi connectivity index (χ2v) is 9.58. The Labute approximate surface area is 205 Å². The molecule has 0 aliphatic carbocycles. The highest BCUT2D eigenvalue weighted by atomic mass is 32.1. The second-order valence-electron chi connectivity index (χ2n) is 8.53. The van der Waals surface area contributed by atoms with E-state index in [4.69, 9.17) is 0 Å². The molecule has 0 unspecified atom stereocenters. The number of thiophene rings is 1. The molecular formula is C25H25FN6O2S. The number of amides is 2. The van der Waals surface area contributed by atoms with E-state index < -0.39 is 0 Å². The van der Waals surface area contributed by atoms with Gasteiger partial charge in [-0.25, -0.2) is 4.39 Å². The van der Waals surface area contributed by atoms with Crippen molar-refractivity contribution in [3.63, 3.8) is 0 Å². The fraction of sp³-hybridized carbons (Fsp3) is 0.240. The lowest BCUT2D eigenvalue weighted by molar-refractivity contribution is 0.0954. The van der Waals surface area contributed by atoms with Gasteiger partial charge in [0.15, 0.2) is 5.82 Å². The maximum Gasteiger partial charge on any atom is 0.261 e. The van der Waals surface area contributed by atoms with Crippen LogP contribution < -0.4 is 15.5 Å². The molecule has 8 nitrogen and oxygen atoms in total. The first-order valence-corrected chi connectivity index (χ1v) is 12.1. The van der Waals surface area contributed by atoms with E-state index in [-0.39, 0.29) is 24.2 Å². The average Bonchev–Trinajstić information content (AvgIpc) is 3.46. The summed E-state index contributed by atoms with van der Waals surface area (Å²) in [5, 5.41) is 13.4. The predicted molar refractivity (Wildman–Crippen MR) is 136 cm³/mol. The molecule has 2 amide bonds. The van der Waals surface area contributed by atoms with Crippen molar-refractivity contribution >= 4 is 44.9 Å². The summed E-state index contributed by atoms with van der Waals surface area (Å²) in [6, 6.07) is 15.2. The summed E-state index contributed by atoms with van der Waals surface area (Å²) in [7, 11) is 2.12. The maximum absolute atomic E-state index is 13.0. The Bertz CT molecular complexity index is 1340. The number of anilines is 2. The molecule has 3 heterocycles. The lowest BCUT2D eigenvalue weighted by atomic mass is 10.1. The summed E-state index contributed by atoms with van der Waals surface area (Å²) in [5.74, 6) is -0.458. The minimum Gasteiger partial charge on any atom is -0.369 e. The van der Waals surface area contributed by atoms with Crippen LogP contribution in [0.15, 0.2) is 54.6 Å². The normalized spacial score (nSPS) is 14.3. The molecule has 0 spiro atoms. The van der Waals surface area contributed by atoms with E-state index in [2.05, 4.69) is 37.7 Å². The van der Waals surface area contributed by atoms with Gasteiger partial charge in [0.25, 0.3) is 11.8 Å². The van der Waals surface area contributed by atoms with Gasteiger partial charge in [-0.3, -0.25) is 14.7 Å². The molecule has 2 aromatic heterocycles. The zero-order valence-corrected chi connectivity index (χ0v) is 20.0. The molecule has 0 saturated carbocycles. The first-order chi connectivity index (χ1) is 17.0. The molecule has 4 aromatic rings. The van der Waals surface area contributed by atoms with Crippen LogP contribution in [-0.4, -0.2) is 60.1 Å². The number of carbonyl (C=O) groups is 2. The van der Waals surface area contributed by atoms with E-state index >= 15 is 0 Å². The number of carbonyl (C=O) groups excluding carboxylic acids is 2. The number of fused-ring (bicyclic) bond motifs is 1. The molecule has 1 aliphatic rings. The van der Waals surface area contributed by atoms with Gasteiger partial charge in [-0.15, -0.1) is 11.3 Å². The van der Waals surface area contributed by atoms with Crippen LogP contribution in [0.2, 0.25) is 0 Å². The number of aromatic amines is 1. The number of halogens is 1. The van der Waals surface area contributed by atoms with Gasteiger partial charge in [0.2, 0.25) is 0 Å². The van der Waals surface area contributed by atoms with Gasteiger partial charge in [0.1, 0.15) is 10.6 Å². The molecule has 10 heteroatoms. The van der Waals surface area contributed by atoms with Gasteiger partial charge in [0, 0.05) is 44.0 Å². The Morgan fingerprint density at radius 1 is 1.03 bits per heavy atom. The number of aromatic nitrogens is 2. The minimum absolute atomic E-state index is 0.249. The number of piperazine rings is 1. The summed E-state index contributed by atoms with van der Waals surface area (Å²) in [4.78, 5) is 31.2. The molecule has 1 fully saturated rings. The van der Waals surface area contributed by atoms with Crippen molar-refractivity contribution in [2.75, 3.05) is 43.4 Å². The number of hydrogen-bond acceptors (Lipinski definition) is 6. The molecule has 0 atom stereocenters. The second kappa shape index (κ2) is 9.85. The molecule has 2 aromatic carbocycles. The summed E-state index contributed by atoms with van der Waals surface area (Å²) in [6.07, 6.45) is 0. The van der Waals surface area contributed by atoms with Crippen molar-refractivity contribution in [1.82, 2.24) is 20.4 Å². The third-order valence-corrected chi connectivity index (χ3v) is 7.11. The predicted octanol–water partition coefficient (Wildman–Crippen LogP) is 3.70. The van der Waals surface area contributed by atoms with Crippen molar-refractivity contribution in [3.8, 4) is 0 Å². The number of nitrogens with one attached hydrogen (secondary N) is 3. The van der Waals surface area contributed by atoms with Crippen molar-refractivity contribution < 1.29 is 14.0 Å². The fourth-order valence-electron chi connectivity index (χ4n) is 3.96. The number of hydrogen-bond donors (Lipinski definition) is 3. The summed E-state index contributed by atoms with van der Waals surface area (Å²) in [6.45, 7) is 4.25. The monoisotopic (exact) mass is 492 g/mol. The van der Waals surface area contributed by atoms with E-state index in [9.17, 15) is 14.0 Å². The third-order valence-electron chi connectivity index (χ3n) is 6.08. The molecule has 0 radical (unpaired) electrons. The van der Waals surface area contributed by atoms with Crippen molar-refractivity contribution in [2.24, 2.45) is 0 Å². The first kappa shape index (κ1) is 23.0. The molecule has 35 heavy (non-hydrogen) atoms. The fourth-order valence-corrected chi connectivity index (χ4v) is 4.88. The van der Waals surface area contributed by atoms with Crippen LogP contribution in [0.25, 0.3) is 10.2 Å². The van der Waals surface area contributed by atoms with Crippen LogP contribution >= 0.6 is 11.3 Å². The lowest BCUT2D eigenvalue weighted by Gasteiger charge is -2.34. The summed E-state index contributed by atoms with van der Waals surface area (Å²) < 4.78 is 13.0. The van der Waals surface area contributed by atoms with Crippen LogP contribution in [0.4, 0.5) is 15.9 Å². The summed E-state index contributed by atoms with van der Waals surface area (Å²) in [5.41, 5.74) is 2.44. The van der Waals surface area contributed by atoms with E-state index in [1.54, 1.807) is 18.2 Å². The first-order valence-electron chi connectivity index (χ1n) is 11.3. The van der Waals surface area contributed by atoms with E-state index in [1.165, 1.54) is 23.5 Å². The Balaban J connectivity index is 1.23. The number of likely N-dealkylation sites (N-methyl/N-ethyl adjacent to an activating group) is 1. The van der Waals surface area contributed by atoms with Gasteiger partial charge in [0.05, 0.1) is 10.3 Å². The van der Waals surface area contributed by atoms with E-state index in [0.717, 1.165) is 37.4 Å². The van der Waals surface area contributed by atoms with Gasteiger partial charge >= 0.3 is 0 Å². The molecule has 180 valence electrons. The highest BCUT2D eigenvalue weighted by molar-refractivity contribution is 7.20. The number of nitrogens with zero attached hydrogens (tertiary/aromatic N) is 3. The zero-order valence-electron chi connectivity index (χ0n) is 19.2. The molecule has 0 bridgehead atoms.